The topological polar surface area (TPSA) is 73.1 Å². The summed E-state index contributed by atoms with van der Waals surface area (Å²) in [4.78, 5) is 13.0. The fraction of sp³-hybridized carbons (Fsp3) is 0.333. The molecule has 1 heterocycles. The van der Waals surface area contributed by atoms with Gasteiger partial charge in [0.25, 0.3) is 0 Å². The van der Waals surface area contributed by atoms with Crippen molar-refractivity contribution in [2.45, 2.75) is 6.54 Å². The molecule has 2 aromatic rings. The number of carbonyl (C=O) groups is 1. The molecule has 19 heavy (non-hydrogen) atoms. The molecule has 0 saturated heterocycles. The Balaban J connectivity index is 2.10. The number of hydrogen-bond donors (Lipinski definition) is 0. The SMILES string of the molecule is COC(=O)CN(C)Cc1nnnn1-c1ccccc1. The predicted octanol–water partition coefficient (Wildman–Crippen LogP) is 0.267. The first-order chi connectivity index (χ1) is 9.20. The maximum absolute atomic E-state index is 11.2. The molecule has 0 aliphatic rings. The Bertz CT molecular complexity index is 540. The fourth-order valence-electron chi connectivity index (χ4n) is 1.66. The molecule has 100 valence electrons. The van der Waals surface area contributed by atoms with Crippen molar-refractivity contribution in [1.29, 1.82) is 0 Å². The Kier molecular flexibility index (Phi) is 4.19. The van der Waals surface area contributed by atoms with E-state index in [0.29, 0.717) is 12.4 Å². The first-order valence-electron chi connectivity index (χ1n) is 5.78. The summed E-state index contributed by atoms with van der Waals surface area (Å²) in [5, 5.41) is 11.6. The lowest BCUT2D eigenvalue weighted by Crippen LogP contribution is -2.27. The molecule has 0 N–H and O–H groups in total. The lowest BCUT2D eigenvalue weighted by atomic mass is 10.3. The number of benzene rings is 1. The Labute approximate surface area is 110 Å². The second-order valence-corrected chi connectivity index (χ2v) is 4.09. The summed E-state index contributed by atoms with van der Waals surface area (Å²) in [6.07, 6.45) is 0. The number of rotatable bonds is 5. The average molecular weight is 261 g/mol. The molecule has 0 saturated carbocycles. The summed E-state index contributed by atoms with van der Waals surface area (Å²) in [6.45, 7) is 0.648. The molecule has 0 spiro atoms. The van der Waals surface area contributed by atoms with Crippen LogP contribution < -0.4 is 0 Å². The summed E-state index contributed by atoms with van der Waals surface area (Å²) in [7, 11) is 3.17. The Morgan fingerprint density at radius 2 is 2.11 bits per heavy atom. The van der Waals surface area contributed by atoms with Gasteiger partial charge in [-0.05, 0) is 29.6 Å². The van der Waals surface area contributed by atoms with E-state index in [9.17, 15) is 4.79 Å². The number of likely N-dealkylation sites (N-methyl/N-ethyl adjacent to an activating group) is 1. The van der Waals surface area contributed by atoms with Crippen molar-refractivity contribution in [2.24, 2.45) is 0 Å². The minimum atomic E-state index is -0.291. The zero-order chi connectivity index (χ0) is 13.7. The lowest BCUT2D eigenvalue weighted by Gasteiger charge is -2.14. The average Bonchev–Trinajstić information content (AvgIpc) is 2.87. The summed E-state index contributed by atoms with van der Waals surface area (Å²) < 4.78 is 6.26. The van der Waals surface area contributed by atoms with Crippen molar-refractivity contribution in [2.75, 3.05) is 20.7 Å². The molecule has 0 fully saturated rings. The van der Waals surface area contributed by atoms with E-state index in [1.165, 1.54) is 7.11 Å². The maximum atomic E-state index is 11.2. The van der Waals surface area contributed by atoms with E-state index in [2.05, 4.69) is 20.3 Å². The highest BCUT2D eigenvalue weighted by molar-refractivity contribution is 5.71. The molecule has 1 aromatic heterocycles. The summed E-state index contributed by atoms with van der Waals surface area (Å²) >= 11 is 0. The molecular weight excluding hydrogens is 246 g/mol. The van der Waals surface area contributed by atoms with E-state index >= 15 is 0 Å². The van der Waals surface area contributed by atoms with Crippen molar-refractivity contribution >= 4 is 5.97 Å². The van der Waals surface area contributed by atoms with E-state index in [0.717, 1.165) is 5.69 Å². The van der Waals surface area contributed by atoms with Gasteiger partial charge in [-0.3, -0.25) is 9.69 Å². The second kappa shape index (κ2) is 6.05. The van der Waals surface area contributed by atoms with Gasteiger partial charge in [0.2, 0.25) is 0 Å². The van der Waals surface area contributed by atoms with Gasteiger partial charge in [0, 0.05) is 0 Å². The van der Waals surface area contributed by atoms with Gasteiger partial charge in [0.15, 0.2) is 5.82 Å². The second-order valence-electron chi connectivity index (χ2n) is 4.09. The lowest BCUT2D eigenvalue weighted by molar-refractivity contribution is -0.141. The van der Waals surface area contributed by atoms with Gasteiger partial charge in [0.1, 0.15) is 0 Å². The Morgan fingerprint density at radius 1 is 1.37 bits per heavy atom. The molecule has 0 amide bonds. The monoisotopic (exact) mass is 261 g/mol. The summed E-state index contributed by atoms with van der Waals surface area (Å²) in [5.74, 6) is 0.374. The van der Waals surface area contributed by atoms with Crippen LogP contribution in [0.5, 0.6) is 0 Å². The number of carbonyl (C=O) groups excluding carboxylic acids is 1. The van der Waals surface area contributed by atoms with Crippen LogP contribution in [-0.4, -0.2) is 51.8 Å². The van der Waals surface area contributed by atoms with Crippen LogP contribution in [0.2, 0.25) is 0 Å². The number of methoxy groups -OCH3 is 1. The number of hydrogen-bond acceptors (Lipinski definition) is 6. The molecule has 0 aliphatic carbocycles. The number of esters is 1. The quantitative estimate of drug-likeness (QED) is 0.719. The molecule has 0 radical (unpaired) electrons. The van der Waals surface area contributed by atoms with Crippen LogP contribution in [0.3, 0.4) is 0 Å². The van der Waals surface area contributed by atoms with Gasteiger partial charge in [0.05, 0.1) is 25.9 Å². The number of aromatic nitrogens is 4. The molecule has 7 heteroatoms. The Morgan fingerprint density at radius 3 is 2.79 bits per heavy atom. The van der Waals surface area contributed by atoms with E-state index in [1.807, 2.05) is 30.3 Å². The van der Waals surface area contributed by atoms with Crippen LogP contribution in [0.15, 0.2) is 30.3 Å². The standard InChI is InChI=1S/C12H15N5O2/c1-16(9-12(18)19-2)8-11-13-14-15-17(11)10-6-4-3-5-7-10/h3-7H,8-9H2,1-2H3. The molecular formula is C12H15N5O2. The Hall–Kier alpha value is -2.28. The molecule has 2 rings (SSSR count). The first kappa shape index (κ1) is 13.2. The highest BCUT2D eigenvalue weighted by Gasteiger charge is 2.13. The van der Waals surface area contributed by atoms with Crippen molar-refractivity contribution in [3.63, 3.8) is 0 Å². The number of tetrazole rings is 1. The number of para-hydroxylation sites is 1. The highest BCUT2D eigenvalue weighted by Crippen LogP contribution is 2.08. The number of nitrogens with zero attached hydrogens (tertiary/aromatic N) is 5. The molecule has 7 nitrogen and oxygen atoms in total. The molecule has 1 aromatic carbocycles. The van der Waals surface area contributed by atoms with Gasteiger partial charge in [-0.15, -0.1) is 5.10 Å². The maximum Gasteiger partial charge on any atom is 0.319 e. The van der Waals surface area contributed by atoms with E-state index in [4.69, 9.17) is 0 Å². The molecule has 0 aliphatic heterocycles. The van der Waals surface area contributed by atoms with Gasteiger partial charge < -0.3 is 4.74 Å². The molecule has 0 unspecified atom stereocenters. The minimum Gasteiger partial charge on any atom is -0.468 e. The number of ether oxygens (including phenoxy) is 1. The zero-order valence-electron chi connectivity index (χ0n) is 10.9. The highest BCUT2D eigenvalue weighted by atomic mass is 16.5. The van der Waals surface area contributed by atoms with E-state index in [1.54, 1.807) is 16.6 Å². The fourth-order valence-corrected chi connectivity index (χ4v) is 1.66. The molecule has 0 atom stereocenters. The van der Waals surface area contributed by atoms with E-state index in [-0.39, 0.29) is 12.5 Å². The van der Waals surface area contributed by atoms with Crippen LogP contribution in [0, 0.1) is 0 Å². The largest absolute Gasteiger partial charge is 0.468 e. The van der Waals surface area contributed by atoms with Crippen LogP contribution in [0.4, 0.5) is 0 Å². The zero-order valence-corrected chi connectivity index (χ0v) is 10.9. The summed E-state index contributed by atoms with van der Waals surface area (Å²) in [5.41, 5.74) is 0.883. The van der Waals surface area contributed by atoms with Crippen LogP contribution >= 0.6 is 0 Å². The van der Waals surface area contributed by atoms with Crippen molar-refractivity contribution in [3.8, 4) is 5.69 Å². The van der Waals surface area contributed by atoms with Crippen molar-refractivity contribution in [3.05, 3.63) is 36.2 Å². The third kappa shape index (κ3) is 3.35. The van der Waals surface area contributed by atoms with Crippen LogP contribution in [-0.2, 0) is 16.1 Å². The third-order valence-electron chi connectivity index (χ3n) is 2.57. The minimum absolute atomic E-state index is 0.193. The molecule has 0 bridgehead atoms. The van der Waals surface area contributed by atoms with Gasteiger partial charge in [-0.1, -0.05) is 18.2 Å². The summed E-state index contributed by atoms with van der Waals surface area (Å²) in [6, 6.07) is 9.59. The normalized spacial score (nSPS) is 10.7. The van der Waals surface area contributed by atoms with Gasteiger partial charge >= 0.3 is 5.97 Å². The van der Waals surface area contributed by atoms with Crippen molar-refractivity contribution < 1.29 is 9.53 Å². The predicted molar refractivity (Wildman–Crippen MR) is 67.5 cm³/mol. The van der Waals surface area contributed by atoms with E-state index < -0.39 is 0 Å². The first-order valence-corrected chi connectivity index (χ1v) is 5.78. The smallest absolute Gasteiger partial charge is 0.319 e. The van der Waals surface area contributed by atoms with Crippen LogP contribution in [0.25, 0.3) is 5.69 Å². The van der Waals surface area contributed by atoms with Gasteiger partial charge in [-0.25, -0.2) is 0 Å². The van der Waals surface area contributed by atoms with Crippen LogP contribution in [0.1, 0.15) is 5.82 Å². The van der Waals surface area contributed by atoms with Gasteiger partial charge in [-0.2, -0.15) is 4.68 Å². The van der Waals surface area contributed by atoms with Crippen molar-refractivity contribution in [1.82, 2.24) is 25.1 Å². The third-order valence-corrected chi connectivity index (χ3v) is 2.57.